The number of benzene rings is 1. The van der Waals surface area contributed by atoms with Crippen LogP contribution in [0.25, 0.3) is 0 Å². The Kier molecular flexibility index (Phi) is 5.36. The van der Waals surface area contributed by atoms with E-state index in [9.17, 15) is 9.59 Å². The SMILES string of the molecule is CCC(C)NC(=O)COC(=O)c1ccc(C)cc1. The molecule has 0 bridgehead atoms. The molecule has 0 fully saturated rings. The third-order valence-corrected chi connectivity index (χ3v) is 2.64. The number of ether oxygens (including phenoxy) is 1. The van der Waals surface area contributed by atoms with Gasteiger partial charge >= 0.3 is 5.97 Å². The zero-order chi connectivity index (χ0) is 13.5. The predicted octanol–water partition coefficient (Wildman–Crippen LogP) is 2.07. The van der Waals surface area contributed by atoms with Crippen LogP contribution in [0, 0.1) is 6.92 Å². The zero-order valence-corrected chi connectivity index (χ0v) is 11.0. The second kappa shape index (κ2) is 6.79. The molecule has 1 rings (SSSR count). The van der Waals surface area contributed by atoms with Gasteiger partial charge in [-0.25, -0.2) is 4.79 Å². The molecule has 1 aromatic rings. The van der Waals surface area contributed by atoms with Gasteiger partial charge in [0.2, 0.25) is 0 Å². The number of carbonyl (C=O) groups is 2. The van der Waals surface area contributed by atoms with Crippen LogP contribution >= 0.6 is 0 Å². The van der Waals surface area contributed by atoms with Crippen molar-refractivity contribution in [1.29, 1.82) is 0 Å². The summed E-state index contributed by atoms with van der Waals surface area (Å²) < 4.78 is 4.92. The maximum absolute atomic E-state index is 11.6. The van der Waals surface area contributed by atoms with Crippen molar-refractivity contribution in [2.24, 2.45) is 0 Å². The monoisotopic (exact) mass is 249 g/mol. The van der Waals surface area contributed by atoms with E-state index in [0.29, 0.717) is 5.56 Å². The molecule has 0 aliphatic rings. The lowest BCUT2D eigenvalue weighted by Gasteiger charge is -2.11. The fourth-order valence-electron chi connectivity index (χ4n) is 1.32. The van der Waals surface area contributed by atoms with Crippen LogP contribution in [0.2, 0.25) is 0 Å². The normalized spacial score (nSPS) is 11.7. The van der Waals surface area contributed by atoms with E-state index in [0.717, 1.165) is 12.0 Å². The lowest BCUT2D eigenvalue weighted by molar-refractivity contribution is -0.124. The highest BCUT2D eigenvalue weighted by molar-refractivity contribution is 5.91. The third kappa shape index (κ3) is 4.57. The number of esters is 1. The minimum atomic E-state index is -0.477. The number of nitrogens with one attached hydrogen (secondary N) is 1. The van der Waals surface area contributed by atoms with Gasteiger partial charge < -0.3 is 10.1 Å². The highest BCUT2D eigenvalue weighted by atomic mass is 16.5. The first-order chi connectivity index (χ1) is 8.52. The molecule has 4 nitrogen and oxygen atoms in total. The van der Waals surface area contributed by atoms with E-state index in [1.54, 1.807) is 12.1 Å². The second-order valence-electron chi connectivity index (χ2n) is 4.32. The quantitative estimate of drug-likeness (QED) is 0.813. The first-order valence-electron chi connectivity index (χ1n) is 6.06. The highest BCUT2D eigenvalue weighted by Crippen LogP contribution is 2.04. The molecule has 4 heteroatoms. The summed E-state index contributed by atoms with van der Waals surface area (Å²) in [6.07, 6.45) is 0.845. The zero-order valence-electron chi connectivity index (χ0n) is 11.0. The maximum Gasteiger partial charge on any atom is 0.338 e. The molecular weight excluding hydrogens is 230 g/mol. The molecule has 0 aliphatic heterocycles. The summed E-state index contributed by atoms with van der Waals surface area (Å²) in [4.78, 5) is 23.0. The van der Waals surface area contributed by atoms with E-state index in [1.165, 1.54) is 0 Å². The summed E-state index contributed by atoms with van der Waals surface area (Å²) >= 11 is 0. The standard InChI is InChI=1S/C14H19NO3/c1-4-11(3)15-13(16)9-18-14(17)12-7-5-10(2)6-8-12/h5-8,11H,4,9H2,1-3H3,(H,15,16). The number of aryl methyl sites for hydroxylation is 1. The Morgan fingerprint density at radius 2 is 1.89 bits per heavy atom. The van der Waals surface area contributed by atoms with Gasteiger partial charge in [0.15, 0.2) is 6.61 Å². The van der Waals surface area contributed by atoms with Gasteiger partial charge in [0.05, 0.1) is 5.56 Å². The van der Waals surface area contributed by atoms with Gasteiger partial charge in [0, 0.05) is 6.04 Å². The fourth-order valence-corrected chi connectivity index (χ4v) is 1.32. The van der Waals surface area contributed by atoms with Crippen LogP contribution in [0.1, 0.15) is 36.2 Å². The van der Waals surface area contributed by atoms with Crippen molar-refractivity contribution in [3.8, 4) is 0 Å². The molecule has 1 aromatic carbocycles. The summed E-state index contributed by atoms with van der Waals surface area (Å²) in [6.45, 7) is 5.58. The van der Waals surface area contributed by atoms with Gasteiger partial charge in [-0.3, -0.25) is 4.79 Å². The number of amides is 1. The van der Waals surface area contributed by atoms with Gasteiger partial charge in [0.1, 0.15) is 0 Å². The maximum atomic E-state index is 11.6. The molecule has 0 radical (unpaired) electrons. The second-order valence-corrected chi connectivity index (χ2v) is 4.32. The number of carbonyl (C=O) groups excluding carboxylic acids is 2. The smallest absolute Gasteiger partial charge is 0.338 e. The summed E-state index contributed by atoms with van der Waals surface area (Å²) in [7, 11) is 0. The third-order valence-electron chi connectivity index (χ3n) is 2.64. The minimum Gasteiger partial charge on any atom is -0.452 e. The molecule has 18 heavy (non-hydrogen) atoms. The van der Waals surface area contributed by atoms with Crippen molar-refractivity contribution in [3.05, 3.63) is 35.4 Å². The van der Waals surface area contributed by atoms with E-state index in [1.807, 2.05) is 32.9 Å². The topological polar surface area (TPSA) is 55.4 Å². The molecule has 1 amide bonds. The molecule has 0 spiro atoms. The molecule has 0 saturated heterocycles. The Morgan fingerprint density at radius 1 is 1.28 bits per heavy atom. The van der Waals surface area contributed by atoms with Crippen molar-refractivity contribution in [2.45, 2.75) is 33.2 Å². The highest BCUT2D eigenvalue weighted by Gasteiger charge is 2.10. The molecule has 1 N–H and O–H groups in total. The first-order valence-corrected chi connectivity index (χ1v) is 6.06. The molecule has 0 heterocycles. The van der Waals surface area contributed by atoms with Crippen molar-refractivity contribution in [1.82, 2.24) is 5.32 Å². The summed E-state index contributed by atoms with van der Waals surface area (Å²) in [5, 5.41) is 2.73. The first kappa shape index (κ1) is 14.2. The molecule has 0 saturated carbocycles. The van der Waals surface area contributed by atoms with E-state index < -0.39 is 5.97 Å². The van der Waals surface area contributed by atoms with Crippen molar-refractivity contribution < 1.29 is 14.3 Å². The average molecular weight is 249 g/mol. The Hall–Kier alpha value is -1.84. The van der Waals surface area contributed by atoms with Gasteiger partial charge in [-0.15, -0.1) is 0 Å². The Balaban J connectivity index is 2.41. The molecule has 1 unspecified atom stereocenters. The van der Waals surface area contributed by atoms with Crippen molar-refractivity contribution >= 4 is 11.9 Å². The van der Waals surface area contributed by atoms with Gasteiger partial charge in [0.25, 0.3) is 5.91 Å². The summed E-state index contributed by atoms with van der Waals surface area (Å²) in [6, 6.07) is 7.12. The van der Waals surface area contributed by atoms with E-state index in [-0.39, 0.29) is 18.6 Å². The van der Waals surface area contributed by atoms with Crippen molar-refractivity contribution in [3.63, 3.8) is 0 Å². The van der Waals surface area contributed by atoms with Crippen LogP contribution in [0.4, 0.5) is 0 Å². The van der Waals surface area contributed by atoms with Crippen LogP contribution in [0.15, 0.2) is 24.3 Å². The molecule has 98 valence electrons. The van der Waals surface area contributed by atoms with Crippen LogP contribution in [-0.2, 0) is 9.53 Å². The van der Waals surface area contributed by atoms with Gasteiger partial charge in [-0.05, 0) is 32.4 Å². The molecule has 0 aromatic heterocycles. The number of hydrogen-bond donors (Lipinski definition) is 1. The minimum absolute atomic E-state index is 0.0931. The largest absolute Gasteiger partial charge is 0.452 e. The lowest BCUT2D eigenvalue weighted by atomic mass is 10.1. The Bertz CT molecular complexity index is 412. The Labute approximate surface area is 107 Å². The van der Waals surface area contributed by atoms with E-state index in [4.69, 9.17) is 4.74 Å². The average Bonchev–Trinajstić information content (AvgIpc) is 2.36. The Morgan fingerprint density at radius 3 is 2.44 bits per heavy atom. The van der Waals surface area contributed by atoms with Crippen LogP contribution in [0.5, 0.6) is 0 Å². The molecule has 1 atom stereocenters. The predicted molar refractivity (Wildman–Crippen MR) is 69.4 cm³/mol. The van der Waals surface area contributed by atoms with E-state index >= 15 is 0 Å². The fraction of sp³-hybridized carbons (Fsp3) is 0.429. The number of hydrogen-bond acceptors (Lipinski definition) is 3. The summed E-state index contributed by atoms with van der Waals surface area (Å²) in [5.74, 6) is -0.751. The van der Waals surface area contributed by atoms with Crippen LogP contribution in [-0.4, -0.2) is 24.5 Å². The lowest BCUT2D eigenvalue weighted by Crippen LogP contribution is -2.35. The molecule has 0 aliphatic carbocycles. The van der Waals surface area contributed by atoms with Gasteiger partial charge in [-0.1, -0.05) is 24.6 Å². The van der Waals surface area contributed by atoms with Gasteiger partial charge in [-0.2, -0.15) is 0 Å². The molecular formula is C14H19NO3. The van der Waals surface area contributed by atoms with Crippen molar-refractivity contribution in [2.75, 3.05) is 6.61 Å². The van der Waals surface area contributed by atoms with Crippen LogP contribution < -0.4 is 5.32 Å². The van der Waals surface area contributed by atoms with E-state index in [2.05, 4.69) is 5.32 Å². The summed E-state index contributed by atoms with van der Waals surface area (Å²) in [5.41, 5.74) is 1.53. The number of rotatable bonds is 5. The van der Waals surface area contributed by atoms with Crippen LogP contribution in [0.3, 0.4) is 0 Å².